The fraction of sp³-hybridized carbons (Fsp3) is 1.00. The van der Waals surface area contributed by atoms with E-state index in [0.29, 0.717) is 6.10 Å². The fourth-order valence-electron chi connectivity index (χ4n) is 0.749. The number of hydrogen-bond donors (Lipinski definition) is 0. The molecule has 0 spiro atoms. The number of hydrogen-bond acceptors (Lipinski definition) is 2. The molecule has 3 heteroatoms. The molecule has 0 aromatic carbocycles. The third-order valence-electron chi connectivity index (χ3n) is 1.25. The SMILES string of the molecule is C[C@H]1CO[P@](C(C)(C)C)O1. The van der Waals surface area contributed by atoms with Gasteiger partial charge in [0.15, 0.2) is 8.38 Å². The normalized spacial score (nSPS) is 34.8. The zero-order valence-electron chi connectivity index (χ0n) is 7.05. The minimum absolute atomic E-state index is 0.181. The van der Waals surface area contributed by atoms with Crippen LogP contribution in [0.5, 0.6) is 0 Å². The van der Waals surface area contributed by atoms with Crippen LogP contribution in [0, 0.1) is 0 Å². The Bertz CT molecular complexity index is 119. The summed E-state index contributed by atoms with van der Waals surface area (Å²) < 4.78 is 11.0. The summed E-state index contributed by atoms with van der Waals surface area (Å²) in [6.07, 6.45) is 0.297. The third-order valence-corrected chi connectivity index (χ3v) is 3.28. The molecule has 2 nitrogen and oxygen atoms in total. The van der Waals surface area contributed by atoms with E-state index >= 15 is 0 Å². The second kappa shape index (κ2) is 2.77. The molecule has 0 aromatic rings. The fourth-order valence-corrected chi connectivity index (χ4v) is 2.25. The van der Waals surface area contributed by atoms with Crippen LogP contribution in [0.25, 0.3) is 0 Å². The summed E-state index contributed by atoms with van der Waals surface area (Å²) in [5.74, 6) is 0. The smallest absolute Gasteiger partial charge is 0.176 e. The van der Waals surface area contributed by atoms with Crippen molar-refractivity contribution in [2.75, 3.05) is 6.61 Å². The first kappa shape index (κ1) is 8.45. The molecule has 1 fully saturated rings. The lowest BCUT2D eigenvalue weighted by Crippen LogP contribution is -2.11. The van der Waals surface area contributed by atoms with Gasteiger partial charge in [0.2, 0.25) is 0 Å². The molecule has 1 aliphatic heterocycles. The lowest BCUT2D eigenvalue weighted by molar-refractivity contribution is 0.261. The Kier molecular flexibility index (Phi) is 2.34. The molecule has 0 aliphatic carbocycles. The summed E-state index contributed by atoms with van der Waals surface area (Å²) in [5.41, 5.74) is 0. The second-order valence-corrected chi connectivity index (χ2v) is 5.96. The van der Waals surface area contributed by atoms with Crippen molar-refractivity contribution in [3.05, 3.63) is 0 Å². The van der Waals surface area contributed by atoms with Gasteiger partial charge >= 0.3 is 0 Å². The monoisotopic (exact) mass is 162 g/mol. The van der Waals surface area contributed by atoms with E-state index in [1.807, 2.05) is 6.92 Å². The highest BCUT2D eigenvalue weighted by molar-refractivity contribution is 7.49. The maximum atomic E-state index is 5.57. The first-order valence-electron chi connectivity index (χ1n) is 3.60. The minimum atomic E-state index is -0.626. The van der Waals surface area contributed by atoms with Gasteiger partial charge in [0, 0.05) is 5.16 Å². The molecule has 60 valence electrons. The Morgan fingerprint density at radius 1 is 1.40 bits per heavy atom. The molecule has 0 amide bonds. The van der Waals surface area contributed by atoms with Gasteiger partial charge in [-0.25, -0.2) is 0 Å². The molecule has 0 saturated carbocycles. The highest BCUT2D eigenvalue weighted by atomic mass is 31.2. The summed E-state index contributed by atoms with van der Waals surface area (Å²) in [4.78, 5) is 0. The van der Waals surface area contributed by atoms with E-state index in [2.05, 4.69) is 20.8 Å². The van der Waals surface area contributed by atoms with Crippen LogP contribution in [-0.4, -0.2) is 17.9 Å². The average Bonchev–Trinajstić information content (AvgIpc) is 2.11. The summed E-state index contributed by atoms with van der Waals surface area (Å²) >= 11 is 0. The van der Waals surface area contributed by atoms with Gasteiger partial charge in [-0.05, 0) is 6.92 Å². The van der Waals surface area contributed by atoms with Crippen molar-refractivity contribution >= 4 is 8.38 Å². The molecule has 0 aromatic heterocycles. The first-order chi connectivity index (χ1) is 4.50. The van der Waals surface area contributed by atoms with Crippen LogP contribution in [0.3, 0.4) is 0 Å². The molecule has 0 N–H and O–H groups in total. The topological polar surface area (TPSA) is 18.5 Å². The standard InChI is InChI=1S/C7H15O2P/c1-6-5-8-10(9-6)7(2,3)4/h6H,5H2,1-4H3/t6-,10-/m0/s1. The van der Waals surface area contributed by atoms with Gasteiger partial charge in [-0.1, -0.05) is 20.8 Å². The molecule has 1 saturated heterocycles. The van der Waals surface area contributed by atoms with Gasteiger partial charge in [0.25, 0.3) is 0 Å². The molecule has 2 atom stereocenters. The van der Waals surface area contributed by atoms with Crippen molar-refractivity contribution in [3.63, 3.8) is 0 Å². The van der Waals surface area contributed by atoms with Crippen molar-refractivity contribution in [3.8, 4) is 0 Å². The van der Waals surface area contributed by atoms with E-state index in [4.69, 9.17) is 9.05 Å². The van der Waals surface area contributed by atoms with Crippen LogP contribution >= 0.6 is 8.38 Å². The summed E-state index contributed by atoms with van der Waals surface area (Å²) in [7, 11) is -0.626. The van der Waals surface area contributed by atoms with E-state index < -0.39 is 8.38 Å². The van der Waals surface area contributed by atoms with Crippen LogP contribution in [-0.2, 0) is 9.05 Å². The molecule has 0 unspecified atom stereocenters. The Balaban J connectivity index is 2.45. The predicted molar refractivity (Wildman–Crippen MR) is 43.2 cm³/mol. The van der Waals surface area contributed by atoms with Crippen LogP contribution in [0.4, 0.5) is 0 Å². The summed E-state index contributed by atoms with van der Waals surface area (Å²) in [6.45, 7) is 9.27. The van der Waals surface area contributed by atoms with Crippen molar-refractivity contribution in [1.82, 2.24) is 0 Å². The first-order valence-corrected chi connectivity index (χ1v) is 4.78. The molecule has 1 aliphatic rings. The predicted octanol–water partition coefficient (Wildman–Crippen LogP) is 2.53. The molecule has 1 heterocycles. The van der Waals surface area contributed by atoms with Crippen molar-refractivity contribution in [1.29, 1.82) is 0 Å². The highest BCUT2D eigenvalue weighted by Crippen LogP contribution is 2.55. The van der Waals surface area contributed by atoms with Gasteiger partial charge < -0.3 is 9.05 Å². The van der Waals surface area contributed by atoms with Crippen LogP contribution in [0.1, 0.15) is 27.7 Å². The van der Waals surface area contributed by atoms with Gasteiger partial charge in [0.05, 0.1) is 12.7 Å². The molecule has 0 radical (unpaired) electrons. The van der Waals surface area contributed by atoms with Crippen molar-refractivity contribution < 1.29 is 9.05 Å². The van der Waals surface area contributed by atoms with Crippen LogP contribution < -0.4 is 0 Å². The van der Waals surface area contributed by atoms with E-state index in [0.717, 1.165) is 6.61 Å². The van der Waals surface area contributed by atoms with Crippen molar-refractivity contribution in [2.45, 2.75) is 39.0 Å². The average molecular weight is 162 g/mol. The molecule has 1 rings (SSSR count). The molecule has 0 bridgehead atoms. The van der Waals surface area contributed by atoms with Gasteiger partial charge in [-0.3, -0.25) is 0 Å². The highest BCUT2D eigenvalue weighted by Gasteiger charge is 2.34. The number of rotatable bonds is 0. The molecule has 10 heavy (non-hydrogen) atoms. The Morgan fingerprint density at radius 2 is 2.00 bits per heavy atom. The van der Waals surface area contributed by atoms with E-state index in [1.165, 1.54) is 0 Å². The lowest BCUT2D eigenvalue weighted by Gasteiger charge is -2.23. The van der Waals surface area contributed by atoms with Gasteiger partial charge in [-0.2, -0.15) is 0 Å². The van der Waals surface area contributed by atoms with Gasteiger partial charge in [-0.15, -0.1) is 0 Å². The second-order valence-electron chi connectivity index (χ2n) is 3.64. The Morgan fingerprint density at radius 3 is 2.20 bits per heavy atom. The quantitative estimate of drug-likeness (QED) is 0.509. The van der Waals surface area contributed by atoms with Crippen LogP contribution in [0.15, 0.2) is 0 Å². The van der Waals surface area contributed by atoms with E-state index in [9.17, 15) is 0 Å². The summed E-state index contributed by atoms with van der Waals surface area (Å²) in [5, 5.41) is 0.181. The third kappa shape index (κ3) is 1.91. The van der Waals surface area contributed by atoms with Crippen molar-refractivity contribution in [2.24, 2.45) is 0 Å². The van der Waals surface area contributed by atoms with E-state index in [1.54, 1.807) is 0 Å². The lowest BCUT2D eigenvalue weighted by atomic mass is 10.3. The van der Waals surface area contributed by atoms with Crippen LogP contribution in [0.2, 0.25) is 0 Å². The molecular weight excluding hydrogens is 147 g/mol. The minimum Gasteiger partial charge on any atom is -0.331 e. The van der Waals surface area contributed by atoms with Gasteiger partial charge in [0.1, 0.15) is 0 Å². The zero-order valence-corrected chi connectivity index (χ0v) is 7.94. The zero-order chi connectivity index (χ0) is 7.78. The maximum Gasteiger partial charge on any atom is 0.176 e. The largest absolute Gasteiger partial charge is 0.331 e. The summed E-state index contributed by atoms with van der Waals surface area (Å²) in [6, 6.07) is 0. The Labute approximate surface area is 63.8 Å². The van der Waals surface area contributed by atoms with E-state index in [-0.39, 0.29) is 5.16 Å². The molecular formula is C7H15O2P. The maximum absolute atomic E-state index is 5.57. The Hall–Kier alpha value is 0.350.